The molecule has 0 radical (unpaired) electrons. The Hall–Kier alpha value is -3.71. The summed E-state index contributed by atoms with van der Waals surface area (Å²) in [5, 5.41) is 14.4. The molecule has 0 unspecified atom stereocenters. The number of benzene rings is 6. The van der Waals surface area contributed by atoms with Crippen LogP contribution in [0.2, 0.25) is 0 Å². The Kier molecular flexibility index (Phi) is 2.74. The van der Waals surface area contributed by atoms with E-state index in [9.17, 15) is 0 Å². The van der Waals surface area contributed by atoms with E-state index in [4.69, 9.17) is 4.98 Å². The van der Waals surface area contributed by atoms with E-state index < -0.39 is 0 Å². The first-order chi connectivity index (χ1) is 14.3. The maximum Gasteiger partial charge on any atom is 0.0793 e. The molecule has 0 bridgehead atoms. The molecule has 134 valence electrons. The zero-order chi connectivity index (χ0) is 19.1. The summed E-state index contributed by atoms with van der Waals surface area (Å²) < 4.78 is 0. The fourth-order valence-corrected chi connectivity index (χ4v) is 5.41. The second-order valence-corrected chi connectivity index (χ2v) is 8.00. The normalized spacial score (nSPS) is 12.3. The zero-order valence-corrected chi connectivity index (χ0v) is 16.0. The molecule has 7 aromatic rings. The minimum Gasteiger partial charge on any atom is -0.256 e. The molecule has 0 N–H and O–H groups in total. The summed E-state index contributed by atoms with van der Waals surface area (Å²) in [7, 11) is 0. The van der Waals surface area contributed by atoms with E-state index in [0.29, 0.717) is 0 Å². The molecule has 0 aliphatic heterocycles. The number of fused-ring (bicyclic) bond motifs is 7. The van der Waals surface area contributed by atoms with Gasteiger partial charge in [-0.1, -0.05) is 66.7 Å². The molecule has 1 nitrogen and oxygen atoms in total. The molecule has 0 fully saturated rings. The number of rotatable bonds is 0. The van der Waals surface area contributed by atoms with Crippen molar-refractivity contribution in [2.24, 2.45) is 0 Å². The van der Waals surface area contributed by atoms with Crippen molar-refractivity contribution in [3.8, 4) is 0 Å². The van der Waals surface area contributed by atoms with Crippen LogP contribution >= 0.6 is 0 Å². The van der Waals surface area contributed by atoms with Crippen molar-refractivity contribution in [3.05, 3.63) is 90.6 Å². The summed E-state index contributed by atoms with van der Waals surface area (Å²) in [5.74, 6) is 0. The summed E-state index contributed by atoms with van der Waals surface area (Å²) in [4.78, 5) is 4.92. The average Bonchev–Trinajstić information content (AvgIpc) is 2.78. The number of aryl methyl sites for hydroxylation is 1. The highest BCUT2D eigenvalue weighted by Crippen LogP contribution is 2.45. The van der Waals surface area contributed by atoms with Crippen LogP contribution in [0.5, 0.6) is 0 Å². The van der Waals surface area contributed by atoms with Crippen LogP contribution in [-0.4, -0.2) is 4.98 Å². The first kappa shape index (κ1) is 15.2. The van der Waals surface area contributed by atoms with Gasteiger partial charge in [-0.15, -0.1) is 0 Å². The van der Waals surface area contributed by atoms with Crippen LogP contribution in [0.15, 0.2) is 85.1 Å². The van der Waals surface area contributed by atoms with Crippen LogP contribution in [0.1, 0.15) is 5.56 Å². The van der Waals surface area contributed by atoms with Crippen molar-refractivity contribution < 1.29 is 0 Å². The highest BCUT2D eigenvalue weighted by atomic mass is 14.7. The van der Waals surface area contributed by atoms with Crippen LogP contribution in [-0.2, 0) is 0 Å². The number of nitrogens with zero attached hydrogens (tertiary/aromatic N) is 1. The van der Waals surface area contributed by atoms with E-state index in [1.54, 1.807) is 0 Å². The SMILES string of the molecule is Cc1c2ccccc2cc2c3nccc4c5ccccc5c5cccc(c12)c5c43. The number of pyridine rings is 1. The van der Waals surface area contributed by atoms with Gasteiger partial charge in [-0.05, 0) is 67.7 Å². The average molecular weight is 367 g/mol. The summed E-state index contributed by atoms with van der Waals surface area (Å²) in [6, 6.07) is 28.7. The van der Waals surface area contributed by atoms with Crippen molar-refractivity contribution in [3.63, 3.8) is 0 Å². The summed E-state index contributed by atoms with van der Waals surface area (Å²) in [6.07, 6.45) is 1.97. The third-order valence-corrected chi connectivity index (χ3v) is 6.61. The van der Waals surface area contributed by atoms with E-state index in [1.807, 2.05) is 6.20 Å². The Morgan fingerprint density at radius 2 is 1.17 bits per heavy atom. The van der Waals surface area contributed by atoms with E-state index in [2.05, 4.69) is 85.8 Å². The molecule has 6 aromatic carbocycles. The molecule has 1 heteroatoms. The minimum absolute atomic E-state index is 1.11. The lowest BCUT2D eigenvalue weighted by atomic mass is 9.86. The molecule has 0 aliphatic rings. The second kappa shape index (κ2) is 5.21. The summed E-state index contributed by atoms with van der Waals surface area (Å²) >= 11 is 0. The van der Waals surface area contributed by atoms with E-state index >= 15 is 0 Å². The lowest BCUT2D eigenvalue weighted by Gasteiger charge is -2.18. The monoisotopic (exact) mass is 367 g/mol. The molecule has 0 saturated heterocycles. The van der Waals surface area contributed by atoms with Crippen molar-refractivity contribution in [2.75, 3.05) is 0 Å². The van der Waals surface area contributed by atoms with Gasteiger partial charge in [-0.25, -0.2) is 0 Å². The Bertz CT molecular complexity index is 1760. The predicted octanol–water partition coefficient (Wildman–Crippen LogP) is 7.75. The van der Waals surface area contributed by atoms with Gasteiger partial charge in [0.2, 0.25) is 0 Å². The molecule has 0 amide bonds. The molecule has 1 aromatic heterocycles. The molecular formula is C28H17N. The third-order valence-electron chi connectivity index (χ3n) is 6.61. The molecule has 0 saturated carbocycles. The Morgan fingerprint density at radius 1 is 0.517 bits per heavy atom. The molecule has 0 aliphatic carbocycles. The van der Waals surface area contributed by atoms with Gasteiger partial charge in [-0.3, -0.25) is 4.98 Å². The largest absolute Gasteiger partial charge is 0.256 e. The molecule has 0 spiro atoms. The fraction of sp³-hybridized carbons (Fsp3) is 0.0357. The highest BCUT2D eigenvalue weighted by Gasteiger charge is 2.18. The minimum atomic E-state index is 1.11. The van der Waals surface area contributed by atoms with Crippen LogP contribution in [0, 0.1) is 6.92 Å². The molecular weight excluding hydrogens is 350 g/mol. The van der Waals surface area contributed by atoms with Gasteiger partial charge in [0.1, 0.15) is 0 Å². The Labute approximate surface area is 167 Å². The van der Waals surface area contributed by atoms with E-state index in [0.717, 1.165) is 5.52 Å². The van der Waals surface area contributed by atoms with Gasteiger partial charge >= 0.3 is 0 Å². The van der Waals surface area contributed by atoms with E-state index in [1.165, 1.54) is 64.8 Å². The fourth-order valence-electron chi connectivity index (χ4n) is 5.41. The van der Waals surface area contributed by atoms with E-state index in [-0.39, 0.29) is 0 Å². The van der Waals surface area contributed by atoms with Crippen molar-refractivity contribution in [1.82, 2.24) is 4.98 Å². The molecule has 7 rings (SSSR count). The molecule has 0 atom stereocenters. The van der Waals surface area contributed by atoms with Crippen molar-refractivity contribution >= 4 is 64.8 Å². The quantitative estimate of drug-likeness (QED) is 0.197. The van der Waals surface area contributed by atoms with Gasteiger partial charge in [0, 0.05) is 22.4 Å². The maximum atomic E-state index is 4.92. The zero-order valence-electron chi connectivity index (χ0n) is 16.0. The van der Waals surface area contributed by atoms with Crippen molar-refractivity contribution in [1.29, 1.82) is 0 Å². The Morgan fingerprint density at radius 3 is 2.00 bits per heavy atom. The maximum absolute atomic E-state index is 4.92. The molecule has 29 heavy (non-hydrogen) atoms. The standard InChI is InChI=1S/C28H17N/c1-16-18-8-3-2-7-17(18)15-24-25(16)23-12-6-11-21-19-9-4-5-10-20(19)22-13-14-29-28(24)27(22)26(21)23/h2-15H,1H3. The van der Waals surface area contributed by atoms with Crippen LogP contribution in [0.3, 0.4) is 0 Å². The van der Waals surface area contributed by atoms with Crippen LogP contribution in [0.4, 0.5) is 0 Å². The van der Waals surface area contributed by atoms with Gasteiger partial charge in [0.15, 0.2) is 0 Å². The van der Waals surface area contributed by atoms with Crippen LogP contribution < -0.4 is 0 Å². The first-order valence-corrected chi connectivity index (χ1v) is 10.1. The first-order valence-electron chi connectivity index (χ1n) is 10.1. The van der Waals surface area contributed by atoms with Gasteiger partial charge in [0.05, 0.1) is 5.52 Å². The van der Waals surface area contributed by atoms with Gasteiger partial charge < -0.3 is 0 Å². The predicted molar refractivity (Wildman–Crippen MR) is 125 cm³/mol. The van der Waals surface area contributed by atoms with Gasteiger partial charge in [-0.2, -0.15) is 0 Å². The summed E-state index contributed by atoms with van der Waals surface area (Å²) in [5.41, 5.74) is 2.45. The third kappa shape index (κ3) is 1.78. The Balaban J connectivity index is 1.95. The van der Waals surface area contributed by atoms with Crippen molar-refractivity contribution in [2.45, 2.75) is 6.92 Å². The number of hydrogen-bond donors (Lipinski definition) is 0. The molecule has 1 heterocycles. The highest BCUT2D eigenvalue weighted by molar-refractivity contribution is 6.40. The van der Waals surface area contributed by atoms with Gasteiger partial charge in [0.25, 0.3) is 0 Å². The number of aromatic nitrogens is 1. The lowest BCUT2D eigenvalue weighted by molar-refractivity contribution is 1.44. The van der Waals surface area contributed by atoms with Crippen LogP contribution in [0.25, 0.3) is 64.8 Å². The summed E-state index contributed by atoms with van der Waals surface area (Å²) in [6.45, 7) is 2.26. The number of hydrogen-bond acceptors (Lipinski definition) is 1. The lowest BCUT2D eigenvalue weighted by Crippen LogP contribution is -1.93. The smallest absolute Gasteiger partial charge is 0.0793 e. The second-order valence-electron chi connectivity index (χ2n) is 8.00. The topological polar surface area (TPSA) is 12.9 Å².